The van der Waals surface area contributed by atoms with Crippen LogP contribution in [0.2, 0.25) is 0 Å². The predicted molar refractivity (Wildman–Crippen MR) is 112 cm³/mol. The number of halogens is 1. The van der Waals surface area contributed by atoms with Crippen molar-refractivity contribution in [2.75, 3.05) is 5.32 Å². The highest BCUT2D eigenvalue weighted by molar-refractivity contribution is 7.15. The van der Waals surface area contributed by atoms with Crippen molar-refractivity contribution in [3.05, 3.63) is 93.0 Å². The van der Waals surface area contributed by atoms with Gasteiger partial charge in [0.25, 0.3) is 5.56 Å². The number of anilines is 1. The lowest BCUT2D eigenvalue weighted by molar-refractivity contribution is -0.116. The Labute approximate surface area is 174 Å². The van der Waals surface area contributed by atoms with Gasteiger partial charge < -0.3 is 10.1 Å². The van der Waals surface area contributed by atoms with E-state index in [0.717, 1.165) is 11.1 Å². The molecule has 1 amide bonds. The summed E-state index contributed by atoms with van der Waals surface area (Å²) in [6, 6.07) is 13.5. The minimum Gasteiger partial charge on any atom is -0.489 e. The molecule has 0 spiro atoms. The Morgan fingerprint density at radius 1 is 1.20 bits per heavy atom. The number of hydrogen-bond acceptors (Lipinski definition) is 5. The van der Waals surface area contributed by atoms with E-state index in [9.17, 15) is 14.0 Å². The van der Waals surface area contributed by atoms with Crippen LogP contribution in [-0.2, 0) is 11.4 Å². The Hall–Kier alpha value is -3.52. The molecule has 1 aliphatic heterocycles. The molecular weight excluding hydrogens is 405 g/mol. The quantitative estimate of drug-likeness (QED) is 0.542. The third kappa shape index (κ3) is 3.35. The second-order valence-electron chi connectivity index (χ2n) is 7.03. The summed E-state index contributed by atoms with van der Waals surface area (Å²) >= 11 is 1.34. The number of amides is 1. The number of fused-ring (bicyclic) bond motifs is 3. The van der Waals surface area contributed by atoms with Gasteiger partial charge in [-0.15, -0.1) is 11.3 Å². The van der Waals surface area contributed by atoms with E-state index in [4.69, 9.17) is 4.74 Å². The van der Waals surface area contributed by atoms with Crippen LogP contribution in [0, 0.1) is 5.82 Å². The van der Waals surface area contributed by atoms with Crippen LogP contribution in [0.15, 0.2) is 64.9 Å². The topological polar surface area (TPSA) is 72.7 Å². The van der Waals surface area contributed by atoms with Gasteiger partial charge in [-0.25, -0.2) is 4.39 Å². The third-order valence-corrected chi connectivity index (χ3v) is 5.84. The molecule has 6 nitrogen and oxygen atoms in total. The molecule has 150 valence electrons. The summed E-state index contributed by atoms with van der Waals surface area (Å²) in [4.78, 5) is 29.7. The van der Waals surface area contributed by atoms with Crippen LogP contribution in [0.5, 0.6) is 5.75 Å². The summed E-state index contributed by atoms with van der Waals surface area (Å²) in [5.41, 5.74) is 1.72. The maximum absolute atomic E-state index is 13.3. The van der Waals surface area contributed by atoms with Gasteiger partial charge in [-0.05, 0) is 35.4 Å². The average Bonchev–Trinajstić information content (AvgIpc) is 3.21. The molecule has 1 atom stereocenters. The molecule has 0 saturated heterocycles. The molecule has 0 saturated carbocycles. The standard InChI is InChI=1S/C22H16FN3O3S/c23-15-3-1-2-13(10-15)12-29-16-6-4-14(5-7-16)17-11-18(27)24-20-19(17)21(28)25-22-26(20)8-9-30-22/h1-10,17H,11-12H2,(H,24,27)/t17-/m0/s1. The predicted octanol–water partition coefficient (Wildman–Crippen LogP) is 3.95. The Kier molecular flexibility index (Phi) is 4.55. The number of aromatic nitrogens is 2. The number of thiazole rings is 1. The van der Waals surface area contributed by atoms with Crippen LogP contribution in [0.4, 0.5) is 10.2 Å². The number of carbonyl (C=O) groups excluding carboxylic acids is 1. The fourth-order valence-electron chi connectivity index (χ4n) is 3.69. The molecule has 0 bridgehead atoms. The summed E-state index contributed by atoms with van der Waals surface area (Å²) in [7, 11) is 0. The fraction of sp³-hybridized carbons (Fsp3) is 0.136. The molecule has 3 heterocycles. The second kappa shape index (κ2) is 7.38. The largest absolute Gasteiger partial charge is 0.489 e. The number of nitrogens with zero attached hydrogens (tertiary/aromatic N) is 2. The van der Waals surface area contributed by atoms with Crippen molar-refractivity contribution in [1.82, 2.24) is 9.38 Å². The molecule has 4 aromatic rings. The van der Waals surface area contributed by atoms with E-state index >= 15 is 0 Å². The molecule has 0 unspecified atom stereocenters. The first kappa shape index (κ1) is 18.5. The number of nitrogens with one attached hydrogen (secondary N) is 1. The number of ether oxygens (including phenoxy) is 1. The van der Waals surface area contributed by atoms with Crippen molar-refractivity contribution in [3.63, 3.8) is 0 Å². The minimum atomic E-state index is -0.386. The van der Waals surface area contributed by atoms with Gasteiger partial charge in [0.15, 0.2) is 4.96 Å². The van der Waals surface area contributed by atoms with Crippen LogP contribution < -0.4 is 15.6 Å². The van der Waals surface area contributed by atoms with Crippen LogP contribution >= 0.6 is 11.3 Å². The first-order valence-corrected chi connectivity index (χ1v) is 10.2. The molecule has 0 radical (unpaired) electrons. The van der Waals surface area contributed by atoms with Gasteiger partial charge >= 0.3 is 0 Å². The zero-order valence-electron chi connectivity index (χ0n) is 15.7. The van der Waals surface area contributed by atoms with Crippen LogP contribution in [0.25, 0.3) is 4.96 Å². The molecule has 5 rings (SSSR count). The fourth-order valence-corrected chi connectivity index (χ4v) is 4.39. The van der Waals surface area contributed by atoms with E-state index in [-0.39, 0.29) is 36.2 Å². The first-order valence-electron chi connectivity index (χ1n) is 9.35. The third-order valence-electron chi connectivity index (χ3n) is 5.09. The molecule has 0 aliphatic carbocycles. The average molecular weight is 421 g/mol. The first-order chi connectivity index (χ1) is 14.6. The lowest BCUT2D eigenvalue weighted by Crippen LogP contribution is -2.31. The number of carbonyl (C=O) groups is 1. The molecule has 2 aromatic heterocycles. The minimum absolute atomic E-state index is 0.149. The molecule has 8 heteroatoms. The zero-order chi connectivity index (χ0) is 20.7. The molecular formula is C22H16FN3O3S. The van der Waals surface area contributed by atoms with Crippen molar-refractivity contribution < 1.29 is 13.9 Å². The van der Waals surface area contributed by atoms with Gasteiger partial charge in [-0.2, -0.15) is 4.98 Å². The van der Waals surface area contributed by atoms with E-state index in [1.165, 1.54) is 23.5 Å². The monoisotopic (exact) mass is 421 g/mol. The summed E-state index contributed by atoms with van der Waals surface area (Å²) in [6.07, 6.45) is 1.96. The Morgan fingerprint density at radius 2 is 2.03 bits per heavy atom. The Balaban J connectivity index is 1.44. The van der Waals surface area contributed by atoms with E-state index in [0.29, 0.717) is 22.1 Å². The normalized spacial score (nSPS) is 15.6. The lowest BCUT2D eigenvalue weighted by Gasteiger charge is -2.25. The van der Waals surface area contributed by atoms with Gasteiger partial charge in [0.1, 0.15) is 24.0 Å². The van der Waals surface area contributed by atoms with Crippen LogP contribution in [0.1, 0.15) is 29.0 Å². The summed E-state index contributed by atoms with van der Waals surface area (Å²) in [5.74, 6) is 0.262. The second-order valence-corrected chi connectivity index (χ2v) is 7.90. The van der Waals surface area contributed by atoms with Gasteiger partial charge in [0.2, 0.25) is 5.91 Å². The highest BCUT2D eigenvalue weighted by Gasteiger charge is 2.31. The number of benzene rings is 2. The zero-order valence-corrected chi connectivity index (χ0v) is 16.5. The number of hydrogen-bond donors (Lipinski definition) is 1. The van der Waals surface area contributed by atoms with Gasteiger partial charge in [-0.3, -0.25) is 14.0 Å². The smallest absolute Gasteiger partial charge is 0.279 e. The van der Waals surface area contributed by atoms with Crippen molar-refractivity contribution >= 4 is 28.0 Å². The molecule has 1 N–H and O–H groups in total. The highest BCUT2D eigenvalue weighted by Crippen LogP contribution is 2.36. The maximum atomic E-state index is 13.3. The molecule has 30 heavy (non-hydrogen) atoms. The van der Waals surface area contributed by atoms with Crippen molar-refractivity contribution in [1.29, 1.82) is 0 Å². The van der Waals surface area contributed by atoms with E-state index in [1.807, 2.05) is 17.5 Å². The molecule has 2 aromatic carbocycles. The van der Waals surface area contributed by atoms with Gasteiger partial charge in [0.05, 0.1) is 5.56 Å². The summed E-state index contributed by atoms with van der Waals surface area (Å²) in [6.45, 7) is 0.243. The van der Waals surface area contributed by atoms with Crippen molar-refractivity contribution in [2.45, 2.75) is 18.9 Å². The Bertz CT molecular complexity index is 1310. The molecule has 1 aliphatic rings. The van der Waals surface area contributed by atoms with E-state index in [1.54, 1.807) is 34.9 Å². The van der Waals surface area contributed by atoms with Gasteiger partial charge in [-0.1, -0.05) is 24.3 Å². The molecule has 0 fully saturated rings. The summed E-state index contributed by atoms with van der Waals surface area (Å²) < 4.78 is 20.8. The highest BCUT2D eigenvalue weighted by atomic mass is 32.1. The van der Waals surface area contributed by atoms with Crippen LogP contribution in [-0.4, -0.2) is 15.3 Å². The van der Waals surface area contributed by atoms with Crippen molar-refractivity contribution in [3.8, 4) is 5.75 Å². The van der Waals surface area contributed by atoms with Crippen LogP contribution in [0.3, 0.4) is 0 Å². The maximum Gasteiger partial charge on any atom is 0.279 e. The number of rotatable bonds is 4. The van der Waals surface area contributed by atoms with E-state index < -0.39 is 0 Å². The lowest BCUT2D eigenvalue weighted by atomic mass is 9.87. The van der Waals surface area contributed by atoms with Gasteiger partial charge in [0, 0.05) is 23.9 Å². The summed E-state index contributed by atoms with van der Waals surface area (Å²) in [5, 5.41) is 4.64. The SMILES string of the molecule is O=C1C[C@@H](c2ccc(OCc3cccc(F)c3)cc2)c2c(n3ccsc3nc2=O)N1. The van der Waals surface area contributed by atoms with Crippen molar-refractivity contribution in [2.24, 2.45) is 0 Å². The Morgan fingerprint density at radius 3 is 2.83 bits per heavy atom. The van der Waals surface area contributed by atoms with E-state index in [2.05, 4.69) is 10.3 Å².